The van der Waals surface area contributed by atoms with Gasteiger partial charge < -0.3 is 4.74 Å². The lowest BCUT2D eigenvalue weighted by Crippen LogP contribution is -1.96. The number of benzene rings is 1. The molecule has 1 aliphatic rings. The highest BCUT2D eigenvalue weighted by Gasteiger charge is 2.21. The summed E-state index contributed by atoms with van der Waals surface area (Å²) >= 11 is 1.60. The van der Waals surface area contributed by atoms with E-state index in [-0.39, 0.29) is 5.97 Å². The first kappa shape index (κ1) is 12.9. The zero-order valence-electron chi connectivity index (χ0n) is 11.1. The Labute approximate surface area is 122 Å². The van der Waals surface area contributed by atoms with Crippen LogP contribution in [0.15, 0.2) is 53.4 Å². The molecule has 0 saturated heterocycles. The predicted molar refractivity (Wildman–Crippen MR) is 82.2 cm³/mol. The maximum Gasteiger partial charge on any atom is 0.343 e. The van der Waals surface area contributed by atoms with Gasteiger partial charge in [-0.2, -0.15) is 0 Å². The van der Waals surface area contributed by atoms with Gasteiger partial charge in [-0.05, 0) is 35.6 Å². The Morgan fingerprint density at radius 1 is 1.20 bits per heavy atom. The third-order valence-corrected chi connectivity index (χ3v) is 4.03. The molecule has 0 N–H and O–H groups in total. The van der Waals surface area contributed by atoms with Crippen molar-refractivity contribution >= 4 is 29.1 Å². The molecule has 2 nitrogen and oxygen atoms in total. The van der Waals surface area contributed by atoms with Gasteiger partial charge in [0, 0.05) is 10.4 Å². The summed E-state index contributed by atoms with van der Waals surface area (Å²) in [6.45, 7) is 2.12. The predicted octanol–water partition coefficient (Wildman–Crippen LogP) is 4.29. The van der Waals surface area contributed by atoms with Crippen molar-refractivity contribution in [2.45, 2.75) is 13.3 Å². The van der Waals surface area contributed by atoms with Gasteiger partial charge in [0.1, 0.15) is 5.76 Å². The van der Waals surface area contributed by atoms with E-state index in [1.54, 1.807) is 11.3 Å². The number of hydrogen-bond acceptors (Lipinski definition) is 3. The van der Waals surface area contributed by atoms with Crippen molar-refractivity contribution < 1.29 is 9.53 Å². The Kier molecular flexibility index (Phi) is 3.52. The molecular formula is C17H14O2S. The molecule has 1 aromatic heterocycles. The van der Waals surface area contributed by atoms with E-state index in [0.717, 1.165) is 16.9 Å². The Morgan fingerprint density at radius 3 is 2.65 bits per heavy atom. The van der Waals surface area contributed by atoms with Crippen molar-refractivity contribution in [2.24, 2.45) is 0 Å². The number of carbonyl (C=O) groups is 1. The van der Waals surface area contributed by atoms with Gasteiger partial charge in [-0.15, -0.1) is 11.3 Å². The SMILES string of the molecule is CCc1ccc(C2=C/C(=C/c3cccs3)C(=O)O2)cc1. The molecule has 0 spiro atoms. The molecule has 2 heterocycles. The monoisotopic (exact) mass is 282 g/mol. The highest BCUT2D eigenvalue weighted by Crippen LogP contribution is 2.28. The summed E-state index contributed by atoms with van der Waals surface area (Å²) < 4.78 is 5.34. The fourth-order valence-corrected chi connectivity index (χ4v) is 2.73. The fourth-order valence-electron chi connectivity index (χ4n) is 2.06. The zero-order chi connectivity index (χ0) is 13.9. The van der Waals surface area contributed by atoms with Crippen LogP contribution in [0.4, 0.5) is 0 Å². The molecule has 0 fully saturated rings. The molecule has 0 unspecified atom stereocenters. The van der Waals surface area contributed by atoms with Crippen LogP contribution in [-0.2, 0) is 16.0 Å². The molecule has 1 aromatic carbocycles. The van der Waals surface area contributed by atoms with Crippen LogP contribution in [-0.4, -0.2) is 5.97 Å². The van der Waals surface area contributed by atoms with Crippen molar-refractivity contribution in [3.8, 4) is 0 Å². The molecule has 0 saturated carbocycles. The lowest BCUT2D eigenvalue weighted by molar-refractivity contribution is -0.130. The van der Waals surface area contributed by atoms with Crippen LogP contribution in [0.1, 0.15) is 22.9 Å². The fraction of sp³-hybridized carbons (Fsp3) is 0.118. The van der Waals surface area contributed by atoms with Crippen molar-refractivity contribution in [2.75, 3.05) is 0 Å². The van der Waals surface area contributed by atoms with Gasteiger partial charge in [0.15, 0.2) is 0 Å². The molecule has 0 bridgehead atoms. The van der Waals surface area contributed by atoms with Crippen LogP contribution in [0.25, 0.3) is 11.8 Å². The summed E-state index contributed by atoms with van der Waals surface area (Å²) in [6, 6.07) is 12.0. The molecule has 3 heteroatoms. The van der Waals surface area contributed by atoms with E-state index in [9.17, 15) is 4.79 Å². The first-order chi connectivity index (χ1) is 9.76. The minimum absolute atomic E-state index is 0.284. The van der Waals surface area contributed by atoms with Crippen LogP contribution in [0.5, 0.6) is 0 Å². The summed E-state index contributed by atoms with van der Waals surface area (Å²) in [6.07, 6.45) is 4.67. The van der Waals surface area contributed by atoms with Gasteiger partial charge in [-0.3, -0.25) is 0 Å². The molecule has 0 aliphatic carbocycles. The zero-order valence-corrected chi connectivity index (χ0v) is 11.9. The highest BCUT2D eigenvalue weighted by molar-refractivity contribution is 7.10. The summed E-state index contributed by atoms with van der Waals surface area (Å²) in [5, 5.41) is 1.99. The third kappa shape index (κ3) is 2.58. The molecule has 3 rings (SSSR count). The normalized spacial score (nSPS) is 16.4. The first-order valence-electron chi connectivity index (χ1n) is 6.54. The number of aryl methyl sites for hydroxylation is 1. The largest absolute Gasteiger partial charge is 0.422 e. The highest BCUT2D eigenvalue weighted by atomic mass is 32.1. The first-order valence-corrected chi connectivity index (χ1v) is 7.42. The van der Waals surface area contributed by atoms with Gasteiger partial charge in [0.2, 0.25) is 0 Å². The third-order valence-electron chi connectivity index (χ3n) is 3.21. The van der Waals surface area contributed by atoms with E-state index in [1.165, 1.54) is 5.56 Å². The van der Waals surface area contributed by atoms with Crippen LogP contribution in [0, 0.1) is 0 Å². The van der Waals surface area contributed by atoms with Crippen molar-refractivity contribution in [3.63, 3.8) is 0 Å². The smallest absolute Gasteiger partial charge is 0.343 e. The topological polar surface area (TPSA) is 26.3 Å². The minimum Gasteiger partial charge on any atom is -0.422 e. The average molecular weight is 282 g/mol. The van der Waals surface area contributed by atoms with E-state index in [0.29, 0.717) is 11.3 Å². The van der Waals surface area contributed by atoms with Crippen LogP contribution >= 0.6 is 11.3 Å². The maximum atomic E-state index is 11.9. The Bertz CT molecular complexity index is 676. The van der Waals surface area contributed by atoms with Crippen LogP contribution in [0.3, 0.4) is 0 Å². The van der Waals surface area contributed by atoms with Gasteiger partial charge in [0.05, 0.1) is 5.57 Å². The van der Waals surface area contributed by atoms with Gasteiger partial charge in [-0.1, -0.05) is 37.3 Å². The Hall–Kier alpha value is -2.13. The quantitative estimate of drug-likeness (QED) is 0.620. The lowest BCUT2D eigenvalue weighted by Gasteiger charge is -2.02. The number of carbonyl (C=O) groups excluding carboxylic acids is 1. The van der Waals surface area contributed by atoms with E-state index in [2.05, 4.69) is 19.1 Å². The van der Waals surface area contributed by atoms with E-state index >= 15 is 0 Å². The number of thiophene rings is 1. The van der Waals surface area contributed by atoms with Crippen LogP contribution in [0.2, 0.25) is 0 Å². The number of ether oxygens (including phenoxy) is 1. The maximum absolute atomic E-state index is 11.9. The summed E-state index contributed by atoms with van der Waals surface area (Å²) in [5.41, 5.74) is 2.81. The minimum atomic E-state index is -0.284. The molecule has 20 heavy (non-hydrogen) atoms. The number of hydrogen-bond donors (Lipinski definition) is 0. The Balaban J connectivity index is 1.89. The molecule has 100 valence electrons. The lowest BCUT2D eigenvalue weighted by atomic mass is 10.1. The second-order valence-corrected chi connectivity index (χ2v) is 5.54. The number of rotatable bonds is 3. The van der Waals surface area contributed by atoms with Crippen molar-refractivity contribution in [3.05, 3.63) is 69.4 Å². The van der Waals surface area contributed by atoms with Crippen LogP contribution < -0.4 is 0 Å². The van der Waals surface area contributed by atoms with Gasteiger partial charge >= 0.3 is 5.97 Å². The average Bonchev–Trinajstić information content (AvgIpc) is 3.10. The summed E-state index contributed by atoms with van der Waals surface area (Å²) in [4.78, 5) is 12.9. The van der Waals surface area contributed by atoms with Gasteiger partial charge in [-0.25, -0.2) is 4.79 Å². The number of cyclic esters (lactones) is 1. The second-order valence-electron chi connectivity index (χ2n) is 4.56. The molecule has 0 radical (unpaired) electrons. The molecule has 0 amide bonds. The standard InChI is InChI=1S/C17H14O2S/c1-2-12-5-7-13(8-6-12)16-11-14(17(18)19-16)10-15-4-3-9-20-15/h3-11H,2H2,1H3/b14-10-. The molecule has 0 atom stereocenters. The van der Waals surface area contributed by atoms with E-state index in [1.807, 2.05) is 41.8 Å². The molecule has 1 aliphatic heterocycles. The number of esters is 1. The van der Waals surface area contributed by atoms with Crippen molar-refractivity contribution in [1.82, 2.24) is 0 Å². The second kappa shape index (κ2) is 5.47. The summed E-state index contributed by atoms with van der Waals surface area (Å²) in [5.74, 6) is 0.341. The summed E-state index contributed by atoms with van der Waals surface area (Å²) in [7, 11) is 0. The Morgan fingerprint density at radius 2 is 2.00 bits per heavy atom. The van der Waals surface area contributed by atoms with Crippen molar-refractivity contribution in [1.29, 1.82) is 0 Å². The van der Waals surface area contributed by atoms with E-state index in [4.69, 9.17) is 4.74 Å². The van der Waals surface area contributed by atoms with E-state index < -0.39 is 0 Å². The van der Waals surface area contributed by atoms with Gasteiger partial charge in [0.25, 0.3) is 0 Å². The molecule has 2 aromatic rings. The molecular weight excluding hydrogens is 268 g/mol.